The molecule has 0 radical (unpaired) electrons. The van der Waals surface area contributed by atoms with Gasteiger partial charge in [0.25, 0.3) is 5.89 Å². The van der Waals surface area contributed by atoms with Crippen molar-refractivity contribution in [1.29, 1.82) is 0 Å². The van der Waals surface area contributed by atoms with Crippen LogP contribution in [0.15, 0.2) is 10.7 Å². The molecule has 110 valence electrons. The number of imidazole rings is 1. The molecule has 0 aliphatic carbocycles. The molecule has 0 atom stereocenters. The van der Waals surface area contributed by atoms with E-state index in [0.29, 0.717) is 23.2 Å². The zero-order chi connectivity index (χ0) is 15.0. The first kappa shape index (κ1) is 13.5. The summed E-state index contributed by atoms with van der Waals surface area (Å²) in [5.74, 6) is 1.55. The maximum Gasteiger partial charge on any atom is 0.252 e. The lowest BCUT2D eigenvalue weighted by Gasteiger charge is -2.10. The van der Waals surface area contributed by atoms with Crippen molar-refractivity contribution in [3.8, 4) is 17.4 Å². The topological polar surface area (TPSA) is 98.6 Å². The van der Waals surface area contributed by atoms with Gasteiger partial charge in [-0.3, -0.25) is 4.40 Å². The van der Waals surface area contributed by atoms with Gasteiger partial charge >= 0.3 is 0 Å². The molecule has 8 heteroatoms. The lowest BCUT2D eigenvalue weighted by atomic mass is 10.2. The zero-order valence-electron chi connectivity index (χ0n) is 12.0. The molecule has 0 amide bonds. The van der Waals surface area contributed by atoms with Gasteiger partial charge in [-0.25, -0.2) is 4.98 Å². The predicted octanol–water partition coefficient (Wildman–Crippen LogP) is 1.15. The van der Waals surface area contributed by atoms with Crippen LogP contribution in [0.4, 0.5) is 0 Å². The van der Waals surface area contributed by atoms with Gasteiger partial charge < -0.3 is 14.4 Å². The van der Waals surface area contributed by atoms with Crippen molar-refractivity contribution in [1.82, 2.24) is 24.5 Å². The first-order chi connectivity index (χ1) is 10.2. The molecule has 8 nitrogen and oxygen atoms in total. The summed E-state index contributed by atoms with van der Waals surface area (Å²) in [6.45, 7) is 3.73. The molecule has 0 saturated carbocycles. The van der Waals surface area contributed by atoms with Crippen molar-refractivity contribution in [2.75, 3.05) is 7.11 Å². The molecule has 0 fully saturated rings. The molecule has 21 heavy (non-hydrogen) atoms. The summed E-state index contributed by atoms with van der Waals surface area (Å²) in [6, 6.07) is 0. The van der Waals surface area contributed by atoms with E-state index in [1.165, 1.54) is 0 Å². The second kappa shape index (κ2) is 5.13. The molecule has 3 aromatic rings. The summed E-state index contributed by atoms with van der Waals surface area (Å²) in [6.07, 6.45) is 2.60. The highest BCUT2D eigenvalue weighted by Crippen LogP contribution is 2.24. The smallest absolute Gasteiger partial charge is 0.252 e. The first-order valence-electron chi connectivity index (χ1n) is 6.54. The lowest BCUT2D eigenvalue weighted by molar-refractivity contribution is 0.222. The molecule has 3 rings (SSSR count). The summed E-state index contributed by atoms with van der Waals surface area (Å²) < 4.78 is 12.1. The Morgan fingerprint density at radius 2 is 2.14 bits per heavy atom. The van der Waals surface area contributed by atoms with Gasteiger partial charge in [-0.15, -0.1) is 0 Å². The molecule has 0 bridgehead atoms. The van der Waals surface area contributed by atoms with Crippen LogP contribution in [0.1, 0.15) is 24.1 Å². The molecule has 0 aliphatic heterocycles. The van der Waals surface area contributed by atoms with Crippen molar-refractivity contribution < 1.29 is 14.4 Å². The van der Waals surface area contributed by atoms with Gasteiger partial charge in [-0.1, -0.05) is 12.1 Å². The number of aromatic nitrogens is 5. The van der Waals surface area contributed by atoms with Crippen LogP contribution in [0, 0.1) is 6.92 Å². The van der Waals surface area contributed by atoms with Crippen LogP contribution in [0.25, 0.3) is 17.3 Å². The van der Waals surface area contributed by atoms with E-state index in [9.17, 15) is 0 Å². The number of ether oxygens (including phenoxy) is 1. The molecule has 0 aliphatic rings. The second-order valence-corrected chi connectivity index (χ2v) is 4.50. The molecule has 3 aromatic heterocycles. The van der Waals surface area contributed by atoms with Crippen LogP contribution in [-0.2, 0) is 13.0 Å². The van der Waals surface area contributed by atoms with E-state index in [1.54, 1.807) is 13.3 Å². The third-order valence-corrected chi connectivity index (χ3v) is 3.32. The van der Waals surface area contributed by atoms with Gasteiger partial charge in [0.2, 0.25) is 17.5 Å². The van der Waals surface area contributed by atoms with Crippen LogP contribution in [0.5, 0.6) is 5.88 Å². The average Bonchev–Trinajstić information content (AvgIpc) is 3.13. The molecule has 3 heterocycles. The Hall–Kier alpha value is -2.48. The summed E-state index contributed by atoms with van der Waals surface area (Å²) in [5, 5.41) is 12.8. The number of nitrogens with zero attached hydrogens (tertiary/aromatic N) is 5. The predicted molar refractivity (Wildman–Crippen MR) is 72.9 cm³/mol. The van der Waals surface area contributed by atoms with Gasteiger partial charge in [0.15, 0.2) is 0 Å². The average molecular weight is 289 g/mol. The number of aryl methyl sites for hydroxylation is 1. The maximum absolute atomic E-state index is 8.97. The molecule has 0 saturated heterocycles. The van der Waals surface area contributed by atoms with Crippen molar-refractivity contribution in [2.24, 2.45) is 0 Å². The molecule has 0 aromatic carbocycles. The van der Waals surface area contributed by atoms with E-state index in [-0.39, 0.29) is 12.5 Å². The third kappa shape index (κ3) is 2.13. The lowest BCUT2D eigenvalue weighted by Crippen LogP contribution is -2.03. The van der Waals surface area contributed by atoms with Gasteiger partial charge in [0.1, 0.15) is 12.3 Å². The Kier molecular flexibility index (Phi) is 3.30. The normalized spacial score (nSPS) is 11.2. The fourth-order valence-corrected chi connectivity index (χ4v) is 2.26. The van der Waals surface area contributed by atoms with Crippen molar-refractivity contribution in [3.63, 3.8) is 0 Å². The Morgan fingerprint density at radius 3 is 2.76 bits per heavy atom. The molecule has 1 N–H and O–H groups in total. The minimum atomic E-state index is -0.300. The van der Waals surface area contributed by atoms with Crippen LogP contribution in [-0.4, -0.2) is 36.7 Å². The van der Waals surface area contributed by atoms with Crippen LogP contribution < -0.4 is 4.74 Å². The number of methoxy groups -OCH3 is 1. The second-order valence-electron chi connectivity index (χ2n) is 4.50. The quantitative estimate of drug-likeness (QED) is 0.769. The number of hydrogen-bond acceptors (Lipinski definition) is 7. The Morgan fingerprint density at radius 1 is 1.33 bits per heavy atom. The molecular formula is C13H15N5O3. The highest BCUT2D eigenvalue weighted by molar-refractivity contribution is 5.54. The van der Waals surface area contributed by atoms with Crippen LogP contribution in [0.2, 0.25) is 0 Å². The molecule has 0 spiro atoms. The summed E-state index contributed by atoms with van der Waals surface area (Å²) >= 11 is 0. The van der Waals surface area contributed by atoms with Gasteiger partial charge in [-0.2, -0.15) is 9.97 Å². The number of aliphatic hydroxyl groups excluding tert-OH is 1. The largest absolute Gasteiger partial charge is 0.481 e. The van der Waals surface area contributed by atoms with Gasteiger partial charge in [0.05, 0.1) is 7.11 Å². The highest BCUT2D eigenvalue weighted by Gasteiger charge is 2.17. The summed E-state index contributed by atoms with van der Waals surface area (Å²) in [4.78, 5) is 12.8. The van der Waals surface area contributed by atoms with Crippen molar-refractivity contribution in [2.45, 2.75) is 26.9 Å². The van der Waals surface area contributed by atoms with Crippen LogP contribution >= 0.6 is 0 Å². The van der Waals surface area contributed by atoms with E-state index in [1.807, 2.05) is 18.2 Å². The van der Waals surface area contributed by atoms with E-state index < -0.39 is 0 Å². The minimum absolute atomic E-state index is 0.151. The number of fused-ring (bicyclic) bond motifs is 1. The fourth-order valence-electron chi connectivity index (χ4n) is 2.26. The molecular weight excluding hydrogens is 274 g/mol. The third-order valence-electron chi connectivity index (χ3n) is 3.32. The molecule has 0 unspecified atom stereocenters. The van der Waals surface area contributed by atoms with Gasteiger partial charge in [0, 0.05) is 17.5 Å². The minimum Gasteiger partial charge on any atom is -0.481 e. The zero-order valence-corrected chi connectivity index (χ0v) is 12.0. The Labute approximate surface area is 120 Å². The number of hydrogen-bond donors (Lipinski definition) is 1. The van der Waals surface area contributed by atoms with Crippen LogP contribution in [0.3, 0.4) is 0 Å². The summed E-state index contributed by atoms with van der Waals surface area (Å²) in [5.41, 5.74) is 2.56. The van der Waals surface area contributed by atoms with Crippen molar-refractivity contribution in [3.05, 3.63) is 23.3 Å². The highest BCUT2D eigenvalue weighted by atomic mass is 16.5. The van der Waals surface area contributed by atoms with Crippen molar-refractivity contribution >= 4 is 5.78 Å². The monoisotopic (exact) mass is 289 g/mol. The summed E-state index contributed by atoms with van der Waals surface area (Å²) in [7, 11) is 1.59. The van der Waals surface area contributed by atoms with E-state index in [0.717, 1.165) is 17.7 Å². The number of aliphatic hydroxyl groups is 1. The first-order valence-corrected chi connectivity index (χ1v) is 6.54. The Balaban J connectivity index is 2.17. The van der Waals surface area contributed by atoms with E-state index in [4.69, 9.17) is 14.4 Å². The van der Waals surface area contributed by atoms with E-state index >= 15 is 0 Å². The maximum atomic E-state index is 8.97. The van der Waals surface area contributed by atoms with E-state index in [2.05, 4.69) is 20.1 Å². The standard InChI is InChI=1S/C13H15N5O3/c1-4-8-7(2)18-5-9(11-15-10(6-19)21-17-11)14-13(18)16-12(8)20-3/h5,19H,4,6H2,1-3H3. The Bertz CT molecular complexity index is 793. The number of rotatable bonds is 4. The SMILES string of the molecule is CCc1c(OC)nc2nc(-c3noc(CO)n3)cn2c1C. The fraction of sp³-hybridized carbons (Fsp3) is 0.385. The van der Waals surface area contributed by atoms with Gasteiger partial charge in [-0.05, 0) is 13.3 Å².